The third-order valence-corrected chi connectivity index (χ3v) is 4.18. The summed E-state index contributed by atoms with van der Waals surface area (Å²) in [5.74, 6) is 0. The van der Waals surface area contributed by atoms with Crippen LogP contribution in [0.3, 0.4) is 0 Å². The van der Waals surface area contributed by atoms with Crippen LogP contribution in [-0.2, 0) is 4.74 Å². The molecule has 1 aliphatic heterocycles. The summed E-state index contributed by atoms with van der Waals surface area (Å²) in [5, 5.41) is 0. The minimum Gasteiger partial charge on any atom is -0.377 e. The van der Waals surface area contributed by atoms with Crippen LogP contribution in [0.4, 0.5) is 0 Å². The molecule has 1 saturated carbocycles. The number of hydrogen-bond donors (Lipinski definition) is 1. The van der Waals surface area contributed by atoms with Crippen LogP contribution in [0.5, 0.6) is 0 Å². The third kappa shape index (κ3) is 2.52. The van der Waals surface area contributed by atoms with Crippen LogP contribution in [0, 0.1) is 0 Å². The van der Waals surface area contributed by atoms with Gasteiger partial charge in [-0.1, -0.05) is 0 Å². The SMILES string of the molecule is CC1OCCC1N(C)C1CCC(N)CC1. The van der Waals surface area contributed by atoms with Crippen molar-refractivity contribution in [2.75, 3.05) is 13.7 Å². The van der Waals surface area contributed by atoms with Gasteiger partial charge in [0.15, 0.2) is 0 Å². The monoisotopic (exact) mass is 212 g/mol. The van der Waals surface area contributed by atoms with Crippen molar-refractivity contribution in [3.8, 4) is 0 Å². The molecule has 2 N–H and O–H groups in total. The van der Waals surface area contributed by atoms with Gasteiger partial charge in [0, 0.05) is 24.7 Å². The lowest BCUT2D eigenvalue weighted by Gasteiger charge is -2.38. The molecular weight excluding hydrogens is 188 g/mol. The Hall–Kier alpha value is -0.120. The summed E-state index contributed by atoms with van der Waals surface area (Å²) in [4.78, 5) is 2.55. The van der Waals surface area contributed by atoms with E-state index < -0.39 is 0 Å². The van der Waals surface area contributed by atoms with Crippen LogP contribution in [0.2, 0.25) is 0 Å². The molecule has 2 fully saturated rings. The van der Waals surface area contributed by atoms with Crippen molar-refractivity contribution < 1.29 is 4.74 Å². The largest absolute Gasteiger partial charge is 0.377 e. The minimum absolute atomic E-state index is 0.408. The average molecular weight is 212 g/mol. The summed E-state index contributed by atoms with van der Waals surface area (Å²) in [5.41, 5.74) is 5.93. The zero-order chi connectivity index (χ0) is 10.8. The van der Waals surface area contributed by atoms with Gasteiger partial charge in [0.1, 0.15) is 0 Å². The van der Waals surface area contributed by atoms with E-state index in [9.17, 15) is 0 Å². The highest BCUT2D eigenvalue weighted by molar-refractivity contribution is 4.87. The molecule has 0 aromatic carbocycles. The molecule has 15 heavy (non-hydrogen) atoms. The van der Waals surface area contributed by atoms with Gasteiger partial charge in [-0.15, -0.1) is 0 Å². The molecule has 0 amide bonds. The normalized spacial score (nSPS) is 42.4. The molecule has 2 rings (SSSR count). The van der Waals surface area contributed by atoms with Gasteiger partial charge in [0.05, 0.1) is 6.10 Å². The molecule has 88 valence electrons. The summed E-state index contributed by atoms with van der Waals surface area (Å²) in [6.07, 6.45) is 6.52. The van der Waals surface area contributed by atoms with Gasteiger partial charge in [-0.3, -0.25) is 4.90 Å². The van der Waals surface area contributed by atoms with E-state index in [1.54, 1.807) is 0 Å². The van der Waals surface area contributed by atoms with Crippen molar-refractivity contribution >= 4 is 0 Å². The van der Waals surface area contributed by atoms with Crippen LogP contribution >= 0.6 is 0 Å². The number of nitrogens with zero attached hydrogens (tertiary/aromatic N) is 1. The van der Waals surface area contributed by atoms with Crippen LogP contribution in [0.15, 0.2) is 0 Å². The zero-order valence-corrected chi connectivity index (χ0v) is 9.98. The second-order valence-corrected chi connectivity index (χ2v) is 5.17. The number of likely N-dealkylation sites (N-methyl/N-ethyl adjacent to an activating group) is 1. The molecule has 1 heterocycles. The van der Waals surface area contributed by atoms with Crippen molar-refractivity contribution in [2.45, 2.75) is 63.3 Å². The molecule has 0 spiro atoms. The lowest BCUT2D eigenvalue weighted by molar-refractivity contribution is 0.0571. The molecule has 2 aliphatic rings. The van der Waals surface area contributed by atoms with Gasteiger partial charge in [-0.2, -0.15) is 0 Å². The van der Waals surface area contributed by atoms with Gasteiger partial charge in [-0.25, -0.2) is 0 Å². The third-order valence-electron chi connectivity index (χ3n) is 4.18. The van der Waals surface area contributed by atoms with Gasteiger partial charge in [0.25, 0.3) is 0 Å². The summed E-state index contributed by atoms with van der Waals surface area (Å²) in [7, 11) is 2.26. The van der Waals surface area contributed by atoms with Gasteiger partial charge < -0.3 is 10.5 Å². The maximum Gasteiger partial charge on any atom is 0.0703 e. The van der Waals surface area contributed by atoms with E-state index in [2.05, 4.69) is 18.9 Å². The topological polar surface area (TPSA) is 38.5 Å². The van der Waals surface area contributed by atoms with Gasteiger partial charge >= 0.3 is 0 Å². The quantitative estimate of drug-likeness (QED) is 0.751. The number of ether oxygens (including phenoxy) is 1. The Labute approximate surface area is 93.0 Å². The Morgan fingerprint density at radius 2 is 1.80 bits per heavy atom. The fraction of sp³-hybridized carbons (Fsp3) is 1.00. The Morgan fingerprint density at radius 1 is 1.13 bits per heavy atom. The molecule has 3 heteroatoms. The Bertz CT molecular complexity index is 202. The Balaban J connectivity index is 1.87. The molecule has 2 unspecified atom stereocenters. The number of hydrogen-bond acceptors (Lipinski definition) is 3. The molecule has 3 nitrogen and oxygen atoms in total. The minimum atomic E-state index is 0.408. The van der Waals surface area contributed by atoms with Crippen molar-refractivity contribution in [3.05, 3.63) is 0 Å². The van der Waals surface area contributed by atoms with E-state index in [-0.39, 0.29) is 0 Å². The van der Waals surface area contributed by atoms with Crippen molar-refractivity contribution in [2.24, 2.45) is 5.73 Å². The molecular formula is C12H24N2O. The molecule has 0 radical (unpaired) electrons. The zero-order valence-electron chi connectivity index (χ0n) is 9.98. The standard InChI is InChI=1S/C12H24N2O/c1-9-12(7-8-15-9)14(2)11-5-3-10(13)4-6-11/h9-12H,3-8,13H2,1-2H3. The highest BCUT2D eigenvalue weighted by Crippen LogP contribution is 2.27. The van der Waals surface area contributed by atoms with Crippen LogP contribution < -0.4 is 5.73 Å². The highest BCUT2D eigenvalue weighted by Gasteiger charge is 2.32. The maximum absolute atomic E-state index is 5.93. The van der Waals surface area contributed by atoms with E-state index in [0.717, 1.165) is 12.6 Å². The van der Waals surface area contributed by atoms with Crippen LogP contribution in [-0.4, -0.2) is 42.8 Å². The summed E-state index contributed by atoms with van der Waals surface area (Å²) in [6.45, 7) is 3.13. The van der Waals surface area contributed by atoms with E-state index in [4.69, 9.17) is 10.5 Å². The van der Waals surface area contributed by atoms with E-state index >= 15 is 0 Å². The van der Waals surface area contributed by atoms with Gasteiger partial charge in [0.2, 0.25) is 0 Å². The van der Waals surface area contributed by atoms with Gasteiger partial charge in [-0.05, 0) is 46.1 Å². The molecule has 0 aromatic heterocycles. The lowest BCUT2D eigenvalue weighted by Crippen LogP contribution is -2.46. The second-order valence-electron chi connectivity index (χ2n) is 5.17. The second kappa shape index (κ2) is 4.81. The smallest absolute Gasteiger partial charge is 0.0703 e. The maximum atomic E-state index is 5.93. The van der Waals surface area contributed by atoms with E-state index in [1.807, 2.05) is 0 Å². The predicted molar refractivity (Wildman–Crippen MR) is 61.8 cm³/mol. The fourth-order valence-electron chi connectivity index (χ4n) is 3.03. The van der Waals surface area contributed by atoms with E-state index in [0.29, 0.717) is 18.2 Å². The Morgan fingerprint density at radius 3 is 2.33 bits per heavy atom. The van der Waals surface area contributed by atoms with E-state index in [1.165, 1.54) is 32.1 Å². The summed E-state index contributed by atoms with van der Waals surface area (Å²) < 4.78 is 5.63. The van der Waals surface area contributed by atoms with Crippen LogP contribution in [0.1, 0.15) is 39.0 Å². The first kappa shape index (κ1) is 11.4. The highest BCUT2D eigenvalue weighted by atomic mass is 16.5. The van der Waals surface area contributed by atoms with Crippen molar-refractivity contribution in [1.82, 2.24) is 4.90 Å². The lowest BCUT2D eigenvalue weighted by atomic mass is 9.90. The van der Waals surface area contributed by atoms with Crippen molar-refractivity contribution in [3.63, 3.8) is 0 Å². The molecule has 2 atom stereocenters. The number of rotatable bonds is 2. The molecule has 0 aromatic rings. The predicted octanol–water partition coefficient (Wildman–Crippen LogP) is 1.37. The van der Waals surface area contributed by atoms with Crippen LogP contribution in [0.25, 0.3) is 0 Å². The first-order chi connectivity index (χ1) is 7.18. The molecule has 0 bridgehead atoms. The fourth-order valence-corrected chi connectivity index (χ4v) is 3.03. The summed E-state index contributed by atoms with van der Waals surface area (Å²) >= 11 is 0. The number of nitrogens with two attached hydrogens (primary N) is 1. The van der Waals surface area contributed by atoms with Crippen molar-refractivity contribution in [1.29, 1.82) is 0 Å². The average Bonchev–Trinajstić information content (AvgIpc) is 2.65. The summed E-state index contributed by atoms with van der Waals surface area (Å²) in [6, 6.07) is 1.81. The molecule has 1 aliphatic carbocycles. The molecule has 1 saturated heterocycles. The first-order valence-electron chi connectivity index (χ1n) is 6.27. The first-order valence-corrected chi connectivity index (χ1v) is 6.27. The Kier molecular flexibility index (Phi) is 3.65.